The molecule has 0 aliphatic carbocycles. The highest BCUT2D eigenvalue weighted by Crippen LogP contribution is 2.21. The van der Waals surface area contributed by atoms with E-state index in [9.17, 15) is 4.79 Å². The molecule has 1 fully saturated rings. The van der Waals surface area contributed by atoms with Crippen LogP contribution in [0.1, 0.15) is 47.9 Å². The number of carbonyl (C=O) groups excluding carboxylic acids is 1. The van der Waals surface area contributed by atoms with E-state index in [2.05, 4.69) is 17.1 Å². The highest BCUT2D eigenvalue weighted by atomic mass is 16.5. The summed E-state index contributed by atoms with van der Waals surface area (Å²) in [5.74, 6) is 1.00. The van der Waals surface area contributed by atoms with Crippen LogP contribution in [0.25, 0.3) is 0 Å². The van der Waals surface area contributed by atoms with Crippen LogP contribution in [0.4, 0.5) is 0 Å². The highest BCUT2D eigenvalue weighted by Gasteiger charge is 2.19. The van der Waals surface area contributed by atoms with Crippen molar-refractivity contribution in [3.05, 3.63) is 0 Å². The molecule has 0 bridgehead atoms. The van der Waals surface area contributed by atoms with Crippen LogP contribution in [0.5, 0.6) is 0 Å². The Hall–Kier alpha value is -0.610. The summed E-state index contributed by atoms with van der Waals surface area (Å²) in [6.45, 7) is 10.1. The van der Waals surface area contributed by atoms with Gasteiger partial charge in [-0.05, 0) is 45.7 Å². The molecule has 0 aromatic carbocycles. The Morgan fingerprint density at radius 2 is 2.11 bits per heavy atom. The second kappa shape index (κ2) is 9.32. The lowest BCUT2D eigenvalue weighted by Gasteiger charge is -2.31. The van der Waals surface area contributed by atoms with E-state index in [1.807, 2.05) is 13.8 Å². The first-order valence-electron chi connectivity index (χ1n) is 7.72. The monoisotopic (exact) mass is 272 g/mol. The predicted molar refractivity (Wildman–Crippen MR) is 80.3 cm³/mol. The van der Waals surface area contributed by atoms with E-state index >= 15 is 0 Å². The number of amides is 1. The third kappa shape index (κ3) is 7.53. The summed E-state index contributed by atoms with van der Waals surface area (Å²) in [4.78, 5) is 14.0. The van der Waals surface area contributed by atoms with Gasteiger partial charge in [-0.2, -0.15) is 0 Å². The van der Waals surface area contributed by atoms with Crippen molar-refractivity contribution in [3.8, 4) is 0 Å². The zero-order valence-electron chi connectivity index (χ0n) is 12.8. The normalized spacial score (nSPS) is 17.9. The molecule has 4 heteroatoms. The van der Waals surface area contributed by atoms with Crippen molar-refractivity contribution in [2.45, 2.75) is 52.6 Å². The average Bonchev–Trinajstić information content (AvgIpc) is 2.37. The molecule has 19 heavy (non-hydrogen) atoms. The standard InChI is InChI=1S/C15H30N2O2.H2/c1-4-5-14-6-9-17(10-7-14)12-15(18)16-8-11-19-13(2)3;/h13-14H,4-12H2,1-3H3,(H,16,18);1H. The lowest BCUT2D eigenvalue weighted by Crippen LogP contribution is -2.42. The van der Waals surface area contributed by atoms with Crippen molar-refractivity contribution in [2.75, 3.05) is 32.8 Å². The summed E-state index contributed by atoms with van der Waals surface area (Å²) >= 11 is 0. The third-order valence-electron chi connectivity index (χ3n) is 3.65. The van der Waals surface area contributed by atoms with Gasteiger partial charge < -0.3 is 10.1 Å². The van der Waals surface area contributed by atoms with Crippen LogP contribution in [0.3, 0.4) is 0 Å². The highest BCUT2D eigenvalue weighted by molar-refractivity contribution is 5.77. The van der Waals surface area contributed by atoms with E-state index in [1.165, 1.54) is 25.7 Å². The van der Waals surface area contributed by atoms with Gasteiger partial charge in [-0.25, -0.2) is 0 Å². The van der Waals surface area contributed by atoms with Gasteiger partial charge in [-0.3, -0.25) is 9.69 Å². The molecule has 1 heterocycles. The molecule has 1 N–H and O–H groups in total. The Bertz CT molecular complexity index is 254. The summed E-state index contributed by atoms with van der Waals surface area (Å²) in [5.41, 5.74) is 0. The molecule has 1 rings (SSSR count). The van der Waals surface area contributed by atoms with Crippen LogP contribution in [0, 0.1) is 5.92 Å². The molecule has 1 aliphatic heterocycles. The van der Waals surface area contributed by atoms with Gasteiger partial charge in [0.05, 0.1) is 19.3 Å². The van der Waals surface area contributed by atoms with Crippen LogP contribution in [-0.2, 0) is 9.53 Å². The van der Waals surface area contributed by atoms with Crippen molar-refractivity contribution in [1.29, 1.82) is 0 Å². The van der Waals surface area contributed by atoms with E-state index in [1.54, 1.807) is 0 Å². The lowest BCUT2D eigenvalue weighted by atomic mass is 9.92. The molecule has 1 aliphatic rings. The molecule has 0 atom stereocenters. The van der Waals surface area contributed by atoms with Crippen molar-refractivity contribution in [3.63, 3.8) is 0 Å². The predicted octanol–water partition coefficient (Wildman–Crippen LogP) is 2.29. The summed E-state index contributed by atoms with van der Waals surface area (Å²) in [6.07, 6.45) is 5.34. The van der Waals surface area contributed by atoms with Gasteiger partial charge in [0.15, 0.2) is 0 Å². The fraction of sp³-hybridized carbons (Fsp3) is 0.933. The Kier molecular flexibility index (Phi) is 8.07. The maximum atomic E-state index is 11.8. The molecule has 0 radical (unpaired) electrons. The summed E-state index contributed by atoms with van der Waals surface area (Å²) in [7, 11) is 0. The fourth-order valence-electron chi connectivity index (χ4n) is 2.59. The number of hydrogen-bond donors (Lipinski definition) is 1. The van der Waals surface area contributed by atoms with Gasteiger partial charge >= 0.3 is 0 Å². The number of hydrogen-bond acceptors (Lipinski definition) is 3. The van der Waals surface area contributed by atoms with E-state index in [4.69, 9.17) is 4.74 Å². The van der Waals surface area contributed by atoms with Crippen LogP contribution in [0.15, 0.2) is 0 Å². The largest absolute Gasteiger partial charge is 0.377 e. The quantitative estimate of drug-likeness (QED) is 0.689. The number of rotatable bonds is 8. The lowest BCUT2D eigenvalue weighted by molar-refractivity contribution is -0.122. The van der Waals surface area contributed by atoms with Crippen molar-refractivity contribution in [2.24, 2.45) is 5.92 Å². The summed E-state index contributed by atoms with van der Waals surface area (Å²) < 4.78 is 5.39. The second-order valence-corrected chi connectivity index (χ2v) is 5.78. The number of ether oxygens (including phenoxy) is 1. The molecule has 0 spiro atoms. The molecule has 1 amide bonds. The molecule has 0 unspecified atom stereocenters. The Morgan fingerprint density at radius 3 is 2.68 bits per heavy atom. The topological polar surface area (TPSA) is 41.6 Å². The number of nitrogens with zero attached hydrogens (tertiary/aromatic N) is 1. The zero-order valence-corrected chi connectivity index (χ0v) is 12.8. The molecule has 0 aromatic rings. The van der Waals surface area contributed by atoms with Crippen LogP contribution in [0.2, 0.25) is 0 Å². The minimum absolute atomic E-state index is 0. The number of likely N-dealkylation sites (tertiary alicyclic amines) is 1. The van der Waals surface area contributed by atoms with Gasteiger partial charge in [0.25, 0.3) is 0 Å². The van der Waals surface area contributed by atoms with Gasteiger partial charge in [0.1, 0.15) is 0 Å². The minimum Gasteiger partial charge on any atom is -0.377 e. The maximum absolute atomic E-state index is 11.8. The van der Waals surface area contributed by atoms with Gasteiger partial charge in [0.2, 0.25) is 5.91 Å². The first-order chi connectivity index (χ1) is 9.11. The van der Waals surface area contributed by atoms with Crippen LogP contribution in [-0.4, -0.2) is 49.7 Å². The molecule has 1 saturated heterocycles. The van der Waals surface area contributed by atoms with Gasteiger partial charge in [0, 0.05) is 7.97 Å². The molecular formula is C15H32N2O2. The summed E-state index contributed by atoms with van der Waals surface area (Å²) in [5, 5.41) is 2.92. The van der Waals surface area contributed by atoms with E-state index in [0.29, 0.717) is 19.7 Å². The van der Waals surface area contributed by atoms with E-state index in [-0.39, 0.29) is 13.4 Å². The molecule has 0 saturated carbocycles. The first-order valence-corrected chi connectivity index (χ1v) is 7.72. The zero-order chi connectivity index (χ0) is 14.1. The van der Waals surface area contributed by atoms with Crippen molar-refractivity contribution < 1.29 is 11.0 Å². The molecular weight excluding hydrogens is 240 g/mol. The van der Waals surface area contributed by atoms with Crippen molar-refractivity contribution in [1.82, 2.24) is 10.2 Å². The smallest absolute Gasteiger partial charge is 0.234 e. The Balaban J connectivity index is 0.00000361. The van der Waals surface area contributed by atoms with E-state index in [0.717, 1.165) is 19.0 Å². The summed E-state index contributed by atoms with van der Waals surface area (Å²) in [6, 6.07) is 0. The Labute approximate surface area is 119 Å². The first kappa shape index (κ1) is 16.4. The van der Waals surface area contributed by atoms with Crippen molar-refractivity contribution >= 4 is 5.91 Å². The van der Waals surface area contributed by atoms with E-state index < -0.39 is 0 Å². The molecule has 4 nitrogen and oxygen atoms in total. The maximum Gasteiger partial charge on any atom is 0.234 e. The van der Waals surface area contributed by atoms with Gasteiger partial charge in [-0.1, -0.05) is 19.8 Å². The molecule has 0 aromatic heterocycles. The van der Waals surface area contributed by atoms with Crippen LogP contribution >= 0.6 is 0 Å². The SMILES string of the molecule is CCCC1CCN(CC(=O)NCCOC(C)C)CC1.[HH]. The Morgan fingerprint density at radius 1 is 1.42 bits per heavy atom. The second-order valence-electron chi connectivity index (χ2n) is 5.78. The average molecular weight is 272 g/mol. The van der Waals surface area contributed by atoms with Crippen LogP contribution < -0.4 is 5.32 Å². The minimum atomic E-state index is 0. The third-order valence-corrected chi connectivity index (χ3v) is 3.65. The number of carbonyl (C=O) groups is 1. The fourth-order valence-corrected chi connectivity index (χ4v) is 2.59. The number of piperidine rings is 1. The number of nitrogens with one attached hydrogen (secondary N) is 1. The molecule has 114 valence electrons. The van der Waals surface area contributed by atoms with Gasteiger partial charge in [-0.15, -0.1) is 0 Å².